The molecule has 2 N–H and O–H groups in total. The molecule has 34 heavy (non-hydrogen) atoms. The number of thiophene rings is 1. The van der Waals surface area contributed by atoms with Crippen LogP contribution in [0.3, 0.4) is 0 Å². The summed E-state index contributed by atoms with van der Waals surface area (Å²) in [5.74, 6) is -2.43. The standard InChI is InChI=1S/C21H22N6O6S/c1-3-13-9-15(21(31)32-4-2)19(34-13)24-18(29)11-33-20(30)14-7-5-6-8-16(14)23-17(28)10-27-12-22-25-26-27/h5-9,12H,3-4,10-11H2,1-2H3,(H,23,28)(H,24,29). The fourth-order valence-corrected chi connectivity index (χ4v) is 3.80. The van der Waals surface area contributed by atoms with E-state index in [2.05, 4.69) is 26.2 Å². The third-order valence-corrected chi connectivity index (χ3v) is 5.53. The maximum Gasteiger partial charge on any atom is 0.341 e. The lowest BCUT2D eigenvalue weighted by Gasteiger charge is -2.11. The van der Waals surface area contributed by atoms with Crippen molar-refractivity contribution in [3.63, 3.8) is 0 Å². The Morgan fingerprint density at radius 1 is 1.00 bits per heavy atom. The molecule has 3 rings (SSSR count). The second-order valence-electron chi connectivity index (χ2n) is 6.76. The van der Waals surface area contributed by atoms with Gasteiger partial charge in [-0.15, -0.1) is 16.4 Å². The van der Waals surface area contributed by atoms with Gasteiger partial charge < -0.3 is 20.1 Å². The van der Waals surface area contributed by atoms with Crippen LogP contribution in [0.5, 0.6) is 0 Å². The normalized spacial score (nSPS) is 10.4. The number of rotatable bonds is 10. The Balaban J connectivity index is 1.61. The van der Waals surface area contributed by atoms with Gasteiger partial charge in [-0.05, 0) is 42.0 Å². The summed E-state index contributed by atoms with van der Waals surface area (Å²) in [5.41, 5.74) is 0.525. The highest BCUT2D eigenvalue weighted by Crippen LogP contribution is 2.29. The molecule has 0 aliphatic heterocycles. The highest BCUT2D eigenvalue weighted by Gasteiger charge is 2.20. The molecule has 0 spiro atoms. The minimum atomic E-state index is -0.806. The van der Waals surface area contributed by atoms with Crippen LogP contribution in [0.4, 0.5) is 10.7 Å². The summed E-state index contributed by atoms with van der Waals surface area (Å²) in [6.07, 6.45) is 1.96. The summed E-state index contributed by atoms with van der Waals surface area (Å²) >= 11 is 1.25. The number of carbonyl (C=O) groups excluding carboxylic acids is 4. The van der Waals surface area contributed by atoms with Gasteiger partial charge in [0.05, 0.1) is 23.4 Å². The van der Waals surface area contributed by atoms with E-state index in [0.29, 0.717) is 11.4 Å². The average Bonchev–Trinajstić information content (AvgIpc) is 3.47. The SMILES string of the molecule is CCOC(=O)c1cc(CC)sc1NC(=O)COC(=O)c1ccccc1NC(=O)Cn1cnnn1. The molecule has 0 unspecified atom stereocenters. The predicted octanol–water partition coefficient (Wildman–Crippen LogP) is 1.91. The average molecular weight is 487 g/mol. The van der Waals surface area contributed by atoms with Crippen molar-refractivity contribution in [1.29, 1.82) is 0 Å². The monoisotopic (exact) mass is 486 g/mol. The molecule has 0 aliphatic rings. The molecule has 2 aromatic heterocycles. The summed E-state index contributed by atoms with van der Waals surface area (Å²) < 4.78 is 11.4. The Kier molecular flexibility index (Phi) is 8.40. The highest BCUT2D eigenvalue weighted by molar-refractivity contribution is 7.16. The maximum absolute atomic E-state index is 12.6. The minimum absolute atomic E-state index is 0.0666. The number of carbonyl (C=O) groups is 4. The number of hydrogen-bond acceptors (Lipinski definition) is 10. The van der Waals surface area contributed by atoms with E-state index in [9.17, 15) is 19.2 Å². The van der Waals surface area contributed by atoms with Gasteiger partial charge in [0.2, 0.25) is 5.91 Å². The van der Waals surface area contributed by atoms with Gasteiger partial charge in [-0.1, -0.05) is 19.1 Å². The van der Waals surface area contributed by atoms with Crippen molar-refractivity contribution in [2.24, 2.45) is 0 Å². The molecule has 0 fully saturated rings. The summed E-state index contributed by atoms with van der Waals surface area (Å²) in [7, 11) is 0. The number of nitrogens with zero attached hydrogens (tertiary/aromatic N) is 4. The van der Waals surface area contributed by atoms with Crippen LogP contribution in [0, 0.1) is 0 Å². The fraction of sp³-hybridized carbons (Fsp3) is 0.286. The molecule has 0 aliphatic carbocycles. The number of ether oxygens (including phenoxy) is 2. The molecular weight excluding hydrogens is 464 g/mol. The van der Waals surface area contributed by atoms with Crippen molar-refractivity contribution in [1.82, 2.24) is 20.2 Å². The van der Waals surface area contributed by atoms with Gasteiger partial charge in [0, 0.05) is 4.88 Å². The first-order chi connectivity index (χ1) is 16.4. The Labute approximate surface area is 198 Å². The van der Waals surface area contributed by atoms with Gasteiger partial charge in [0.25, 0.3) is 5.91 Å². The zero-order valence-corrected chi connectivity index (χ0v) is 19.3. The van der Waals surface area contributed by atoms with Gasteiger partial charge in [-0.25, -0.2) is 14.3 Å². The Morgan fingerprint density at radius 2 is 1.76 bits per heavy atom. The lowest BCUT2D eigenvalue weighted by atomic mass is 10.2. The van der Waals surface area contributed by atoms with Gasteiger partial charge in [0.15, 0.2) is 6.61 Å². The Hall–Kier alpha value is -4.13. The Bertz CT molecular complexity index is 1180. The third-order valence-electron chi connectivity index (χ3n) is 4.33. The zero-order chi connectivity index (χ0) is 24.5. The van der Waals surface area contributed by atoms with Crippen molar-refractivity contribution >= 4 is 45.8 Å². The molecular formula is C21H22N6O6S. The van der Waals surface area contributed by atoms with E-state index in [1.54, 1.807) is 25.1 Å². The summed E-state index contributed by atoms with van der Waals surface area (Å²) in [4.78, 5) is 50.2. The van der Waals surface area contributed by atoms with Gasteiger partial charge in [-0.2, -0.15) is 0 Å². The van der Waals surface area contributed by atoms with E-state index in [-0.39, 0.29) is 30.0 Å². The molecule has 0 saturated carbocycles. The van der Waals surface area contributed by atoms with Gasteiger partial charge >= 0.3 is 11.9 Å². The smallest absolute Gasteiger partial charge is 0.341 e. The van der Waals surface area contributed by atoms with Gasteiger partial charge in [0.1, 0.15) is 17.9 Å². The van der Waals surface area contributed by atoms with Crippen LogP contribution in [0.15, 0.2) is 36.7 Å². The number of para-hydroxylation sites is 1. The van der Waals surface area contributed by atoms with Crippen LogP contribution in [-0.4, -0.2) is 57.2 Å². The molecule has 3 aromatic rings. The van der Waals surface area contributed by atoms with Crippen LogP contribution in [0.1, 0.15) is 39.4 Å². The van der Waals surface area contributed by atoms with Crippen LogP contribution in [0.2, 0.25) is 0 Å². The number of nitrogens with one attached hydrogen (secondary N) is 2. The highest BCUT2D eigenvalue weighted by atomic mass is 32.1. The van der Waals surface area contributed by atoms with Crippen LogP contribution < -0.4 is 10.6 Å². The van der Waals surface area contributed by atoms with Crippen LogP contribution in [-0.2, 0) is 32.0 Å². The predicted molar refractivity (Wildman–Crippen MR) is 121 cm³/mol. The van der Waals surface area contributed by atoms with Crippen molar-refractivity contribution < 1.29 is 28.7 Å². The topological polar surface area (TPSA) is 154 Å². The second-order valence-corrected chi connectivity index (χ2v) is 7.89. The van der Waals surface area contributed by atoms with Crippen LogP contribution >= 0.6 is 11.3 Å². The van der Waals surface area contributed by atoms with E-state index in [1.807, 2.05) is 6.92 Å². The van der Waals surface area contributed by atoms with E-state index >= 15 is 0 Å². The van der Waals surface area contributed by atoms with E-state index in [0.717, 1.165) is 4.88 Å². The molecule has 0 saturated heterocycles. The van der Waals surface area contributed by atoms with Crippen molar-refractivity contribution in [3.8, 4) is 0 Å². The summed E-state index contributed by atoms with van der Waals surface area (Å²) in [6.45, 7) is 3.07. The summed E-state index contributed by atoms with van der Waals surface area (Å²) in [6, 6.07) is 7.88. The van der Waals surface area contributed by atoms with E-state index < -0.39 is 30.4 Å². The third kappa shape index (κ3) is 6.45. The van der Waals surface area contributed by atoms with Crippen molar-refractivity contribution in [2.75, 3.05) is 23.8 Å². The van der Waals surface area contributed by atoms with Crippen molar-refractivity contribution in [3.05, 3.63) is 52.7 Å². The maximum atomic E-state index is 12.6. The van der Waals surface area contributed by atoms with Crippen LogP contribution in [0.25, 0.3) is 0 Å². The number of aromatic nitrogens is 4. The number of benzene rings is 1. The number of amides is 2. The first kappa shape index (κ1) is 24.5. The molecule has 0 atom stereocenters. The number of aryl methyl sites for hydroxylation is 1. The summed E-state index contributed by atoms with van der Waals surface area (Å²) in [5, 5.41) is 16.0. The fourth-order valence-electron chi connectivity index (χ4n) is 2.80. The van der Waals surface area contributed by atoms with E-state index in [1.165, 1.54) is 34.5 Å². The van der Waals surface area contributed by atoms with E-state index in [4.69, 9.17) is 9.47 Å². The van der Waals surface area contributed by atoms with Crippen molar-refractivity contribution in [2.45, 2.75) is 26.8 Å². The van der Waals surface area contributed by atoms with Gasteiger partial charge in [-0.3, -0.25) is 9.59 Å². The Morgan fingerprint density at radius 3 is 2.47 bits per heavy atom. The molecule has 1 aromatic carbocycles. The number of tetrazole rings is 1. The first-order valence-electron chi connectivity index (χ1n) is 10.3. The lowest BCUT2D eigenvalue weighted by Crippen LogP contribution is -2.23. The lowest BCUT2D eigenvalue weighted by molar-refractivity contribution is -0.119. The number of hydrogen-bond donors (Lipinski definition) is 2. The molecule has 12 nitrogen and oxygen atoms in total. The largest absolute Gasteiger partial charge is 0.462 e. The number of esters is 2. The number of anilines is 2. The molecule has 2 amide bonds. The first-order valence-corrected chi connectivity index (χ1v) is 11.1. The second kappa shape index (κ2) is 11.7. The molecule has 13 heteroatoms. The quantitative estimate of drug-likeness (QED) is 0.409. The zero-order valence-electron chi connectivity index (χ0n) is 18.4. The molecule has 0 radical (unpaired) electrons. The molecule has 178 valence electrons. The molecule has 0 bridgehead atoms. The minimum Gasteiger partial charge on any atom is -0.462 e. The molecule has 2 heterocycles.